The van der Waals surface area contributed by atoms with E-state index in [1.807, 2.05) is 27.7 Å². The van der Waals surface area contributed by atoms with Gasteiger partial charge in [0.05, 0.1) is 17.9 Å². The maximum atomic E-state index is 11.8. The average molecular weight is 253 g/mol. The first-order valence-corrected chi connectivity index (χ1v) is 6.34. The second kappa shape index (κ2) is 5.95. The predicted molar refractivity (Wildman–Crippen MR) is 69.8 cm³/mol. The number of carbonyl (C=O) groups excluding carboxylic acids is 1. The van der Waals surface area contributed by atoms with Gasteiger partial charge in [-0.2, -0.15) is 0 Å². The first kappa shape index (κ1) is 14.6. The smallest absolute Gasteiger partial charge is 0.242 e. The highest BCUT2D eigenvalue weighted by atomic mass is 16.2. The molecule has 1 atom stereocenters. The van der Waals surface area contributed by atoms with Gasteiger partial charge in [-0.25, -0.2) is 4.68 Å². The van der Waals surface area contributed by atoms with E-state index in [-0.39, 0.29) is 24.0 Å². The second-order valence-electron chi connectivity index (χ2n) is 5.14. The van der Waals surface area contributed by atoms with Crippen LogP contribution in [0, 0.1) is 0 Å². The van der Waals surface area contributed by atoms with Gasteiger partial charge >= 0.3 is 0 Å². The number of hydrogen-bond donors (Lipinski definition) is 2. The molecule has 102 valence electrons. The number of carbonyl (C=O) groups is 1. The Kier molecular flexibility index (Phi) is 4.84. The molecule has 0 saturated carbocycles. The lowest BCUT2D eigenvalue weighted by atomic mass is 10.0. The molecule has 6 nitrogen and oxygen atoms in total. The standard InChI is InChI=1S/C12H23N5O/c1-5-9(13)10-7-17(16-15-10)8-11(18)14-12(3,4)6-2/h7,9H,5-6,8,13H2,1-4H3,(H,14,18). The Morgan fingerprint density at radius 2 is 2.22 bits per heavy atom. The molecule has 0 aliphatic carbocycles. The van der Waals surface area contributed by atoms with Gasteiger partial charge in [0.1, 0.15) is 6.54 Å². The number of nitrogens with zero attached hydrogens (tertiary/aromatic N) is 3. The molecule has 0 aliphatic rings. The molecule has 1 rings (SSSR count). The van der Waals surface area contributed by atoms with Gasteiger partial charge in [0.25, 0.3) is 0 Å². The molecule has 0 fully saturated rings. The summed E-state index contributed by atoms with van der Waals surface area (Å²) < 4.78 is 1.52. The molecule has 1 aromatic heterocycles. The summed E-state index contributed by atoms with van der Waals surface area (Å²) in [5.41, 5.74) is 6.37. The van der Waals surface area contributed by atoms with Gasteiger partial charge in [-0.1, -0.05) is 19.1 Å². The fourth-order valence-corrected chi connectivity index (χ4v) is 1.42. The van der Waals surface area contributed by atoms with Crippen molar-refractivity contribution < 1.29 is 4.79 Å². The van der Waals surface area contributed by atoms with Crippen molar-refractivity contribution in [2.24, 2.45) is 5.73 Å². The molecule has 0 aliphatic heterocycles. The number of rotatable bonds is 6. The summed E-state index contributed by atoms with van der Waals surface area (Å²) in [5, 5.41) is 10.8. The molecule has 0 saturated heterocycles. The lowest BCUT2D eigenvalue weighted by Crippen LogP contribution is -2.44. The van der Waals surface area contributed by atoms with Crippen molar-refractivity contribution in [3.05, 3.63) is 11.9 Å². The van der Waals surface area contributed by atoms with Gasteiger partial charge in [-0.3, -0.25) is 4.79 Å². The topological polar surface area (TPSA) is 85.8 Å². The Balaban J connectivity index is 2.57. The third-order valence-corrected chi connectivity index (χ3v) is 3.04. The largest absolute Gasteiger partial charge is 0.350 e. The zero-order valence-corrected chi connectivity index (χ0v) is 11.6. The number of nitrogens with two attached hydrogens (primary N) is 1. The molecule has 0 aromatic carbocycles. The van der Waals surface area contributed by atoms with Gasteiger partial charge in [-0.15, -0.1) is 5.10 Å². The molecule has 1 amide bonds. The van der Waals surface area contributed by atoms with E-state index in [1.54, 1.807) is 6.20 Å². The normalized spacial score (nSPS) is 13.4. The van der Waals surface area contributed by atoms with Crippen LogP contribution in [0.3, 0.4) is 0 Å². The zero-order valence-electron chi connectivity index (χ0n) is 11.6. The number of hydrogen-bond acceptors (Lipinski definition) is 4. The highest BCUT2D eigenvalue weighted by Gasteiger charge is 2.18. The van der Waals surface area contributed by atoms with Crippen LogP contribution in [0.25, 0.3) is 0 Å². The van der Waals surface area contributed by atoms with Gasteiger partial charge in [0.2, 0.25) is 5.91 Å². The number of nitrogens with one attached hydrogen (secondary N) is 1. The maximum absolute atomic E-state index is 11.8. The maximum Gasteiger partial charge on any atom is 0.242 e. The van der Waals surface area contributed by atoms with E-state index in [2.05, 4.69) is 15.6 Å². The van der Waals surface area contributed by atoms with Crippen LogP contribution in [0.1, 0.15) is 52.3 Å². The lowest BCUT2D eigenvalue weighted by molar-refractivity contribution is -0.123. The molecular weight excluding hydrogens is 230 g/mol. The highest BCUT2D eigenvalue weighted by molar-refractivity contribution is 5.76. The van der Waals surface area contributed by atoms with Gasteiger partial charge in [0, 0.05) is 5.54 Å². The van der Waals surface area contributed by atoms with Crippen LogP contribution in [0.2, 0.25) is 0 Å². The fraction of sp³-hybridized carbons (Fsp3) is 0.750. The van der Waals surface area contributed by atoms with Crippen LogP contribution in [-0.2, 0) is 11.3 Å². The van der Waals surface area contributed by atoms with Crippen molar-refractivity contribution in [1.82, 2.24) is 20.3 Å². The van der Waals surface area contributed by atoms with Crippen LogP contribution in [-0.4, -0.2) is 26.4 Å². The summed E-state index contributed by atoms with van der Waals surface area (Å²) in [6.45, 7) is 8.18. The molecule has 1 unspecified atom stereocenters. The first-order chi connectivity index (χ1) is 8.38. The first-order valence-electron chi connectivity index (χ1n) is 6.34. The van der Waals surface area contributed by atoms with E-state index in [0.717, 1.165) is 18.5 Å². The molecule has 0 radical (unpaired) electrons. The molecule has 1 aromatic rings. The SMILES string of the molecule is CCC(N)c1cn(CC(=O)NC(C)(C)CC)nn1. The Morgan fingerprint density at radius 3 is 2.78 bits per heavy atom. The van der Waals surface area contributed by atoms with Crippen LogP contribution >= 0.6 is 0 Å². The summed E-state index contributed by atoms with van der Waals surface area (Å²) in [7, 11) is 0. The second-order valence-corrected chi connectivity index (χ2v) is 5.14. The van der Waals surface area contributed by atoms with Crippen molar-refractivity contribution in [3.8, 4) is 0 Å². The third kappa shape index (κ3) is 4.10. The lowest BCUT2D eigenvalue weighted by Gasteiger charge is -2.24. The van der Waals surface area contributed by atoms with Gasteiger partial charge in [-0.05, 0) is 26.7 Å². The minimum atomic E-state index is -0.194. The summed E-state index contributed by atoms with van der Waals surface area (Å²) in [6, 6.07) is -0.117. The summed E-state index contributed by atoms with van der Waals surface area (Å²) in [5.74, 6) is -0.0663. The van der Waals surface area contributed by atoms with Crippen molar-refractivity contribution in [1.29, 1.82) is 0 Å². The molecule has 6 heteroatoms. The Morgan fingerprint density at radius 1 is 1.56 bits per heavy atom. The molecule has 18 heavy (non-hydrogen) atoms. The Bertz CT molecular complexity index is 399. The quantitative estimate of drug-likeness (QED) is 0.791. The van der Waals surface area contributed by atoms with E-state index in [1.165, 1.54) is 4.68 Å². The van der Waals surface area contributed by atoms with E-state index >= 15 is 0 Å². The molecule has 1 heterocycles. The van der Waals surface area contributed by atoms with Crippen LogP contribution in [0.5, 0.6) is 0 Å². The third-order valence-electron chi connectivity index (χ3n) is 3.04. The molecule has 3 N–H and O–H groups in total. The Labute approximate surface area is 108 Å². The molecular formula is C12H23N5O. The molecule has 0 spiro atoms. The van der Waals surface area contributed by atoms with Crippen molar-refractivity contribution in [2.45, 2.75) is 58.7 Å². The fourth-order valence-electron chi connectivity index (χ4n) is 1.42. The van der Waals surface area contributed by atoms with Crippen LogP contribution < -0.4 is 11.1 Å². The monoisotopic (exact) mass is 253 g/mol. The van der Waals surface area contributed by atoms with E-state index in [4.69, 9.17) is 5.73 Å². The van der Waals surface area contributed by atoms with Crippen LogP contribution in [0.15, 0.2) is 6.20 Å². The van der Waals surface area contributed by atoms with Crippen molar-refractivity contribution >= 4 is 5.91 Å². The zero-order chi connectivity index (χ0) is 13.8. The van der Waals surface area contributed by atoms with Gasteiger partial charge < -0.3 is 11.1 Å². The number of aromatic nitrogens is 3. The Hall–Kier alpha value is -1.43. The van der Waals surface area contributed by atoms with Gasteiger partial charge in [0.15, 0.2) is 0 Å². The van der Waals surface area contributed by atoms with E-state index in [0.29, 0.717) is 0 Å². The predicted octanol–water partition coefficient (Wildman–Crippen LogP) is 0.993. The molecule has 0 bridgehead atoms. The summed E-state index contributed by atoms with van der Waals surface area (Å²) >= 11 is 0. The highest BCUT2D eigenvalue weighted by Crippen LogP contribution is 2.09. The average Bonchev–Trinajstić information content (AvgIpc) is 2.75. The number of amides is 1. The summed E-state index contributed by atoms with van der Waals surface area (Å²) in [6.07, 6.45) is 3.41. The summed E-state index contributed by atoms with van der Waals surface area (Å²) in [4.78, 5) is 11.8. The minimum absolute atomic E-state index is 0.0663. The van der Waals surface area contributed by atoms with E-state index in [9.17, 15) is 4.79 Å². The van der Waals surface area contributed by atoms with E-state index < -0.39 is 0 Å². The van der Waals surface area contributed by atoms with Crippen LogP contribution in [0.4, 0.5) is 0 Å². The van der Waals surface area contributed by atoms with Crippen molar-refractivity contribution in [3.63, 3.8) is 0 Å². The minimum Gasteiger partial charge on any atom is -0.350 e. The van der Waals surface area contributed by atoms with Crippen molar-refractivity contribution in [2.75, 3.05) is 0 Å².